The summed E-state index contributed by atoms with van der Waals surface area (Å²) in [6.07, 6.45) is 2.58. The number of aromatic nitrogens is 4. The van der Waals surface area contributed by atoms with Crippen molar-refractivity contribution in [3.8, 4) is 0 Å². The van der Waals surface area contributed by atoms with Crippen LogP contribution in [-0.2, 0) is 13.5 Å². The van der Waals surface area contributed by atoms with Crippen molar-refractivity contribution in [3.63, 3.8) is 0 Å². The molecule has 0 saturated carbocycles. The molecular formula is C9H13BrN6S. The van der Waals surface area contributed by atoms with Crippen LogP contribution >= 0.6 is 27.5 Å². The SMILES string of the molecule is CCc1nnsc1C(NN)c1c(Br)cnn1C. The molecule has 0 saturated heterocycles. The van der Waals surface area contributed by atoms with E-state index in [0.29, 0.717) is 0 Å². The lowest BCUT2D eigenvalue weighted by molar-refractivity contribution is 0.575. The Bertz CT molecular complexity index is 488. The summed E-state index contributed by atoms with van der Waals surface area (Å²) in [5, 5.41) is 8.29. The zero-order valence-corrected chi connectivity index (χ0v) is 11.9. The normalized spacial score (nSPS) is 12.9. The molecule has 3 N–H and O–H groups in total. The van der Waals surface area contributed by atoms with Crippen molar-refractivity contribution in [2.45, 2.75) is 19.4 Å². The monoisotopic (exact) mass is 316 g/mol. The van der Waals surface area contributed by atoms with Gasteiger partial charge in [-0.1, -0.05) is 11.4 Å². The first kappa shape index (κ1) is 12.6. The lowest BCUT2D eigenvalue weighted by Crippen LogP contribution is -2.30. The molecule has 0 spiro atoms. The van der Waals surface area contributed by atoms with Crippen LogP contribution in [0.2, 0.25) is 0 Å². The van der Waals surface area contributed by atoms with Crippen LogP contribution in [0.1, 0.15) is 29.2 Å². The van der Waals surface area contributed by atoms with Crippen molar-refractivity contribution in [3.05, 3.63) is 26.9 Å². The summed E-state index contributed by atoms with van der Waals surface area (Å²) in [4.78, 5) is 1.03. The number of aryl methyl sites for hydroxylation is 2. The van der Waals surface area contributed by atoms with Crippen molar-refractivity contribution < 1.29 is 0 Å². The molecule has 92 valence electrons. The number of nitrogens with zero attached hydrogens (tertiary/aromatic N) is 4. The molecule has 0 radical (unpaired) electrons. The van der Waals surface area contributed by atoms with E-state index in [1.54, 1.807) is 10.9 Å². The van der Waals surface area contributed by atoms with Crippen molar-refractivity contribution >= 4 is 27.5 Å². The summed E-state index contributed by atoms with van der Waals surface area (Å²) >= 11 is 4.83. The molecule has 17 heavy (non-hydrogen) atoms. The molecule has 0 fully saturated rings. The van der Waals surface area contributed by atoms with E-state index in [1.165, 1.54) is 11.5 Å². The van der Waals surface area contributed by atoms with Gasteiger partial charge in [-0.3, -0.25) is 10.5 Å². The number of halogens is 1. The second-order valence-electron chi connectivity index (χ2n) is 3.54. The van der Waals surface area contributed by atoms with Gasteiger partial charge in [0.25, 0.3) is 0 Å². The minimum Gasteiger partial charge on any atom is -0.270 e. The van der Waals surface area contributed by atoms with E-state index in [4.69, 9.17) is 5.84 Å². The number of hydrogen-bond acceptors (Lipinski definition) is 6. The van der Waals surface area contributed by atoms with Crippen molar-refractivity contribution in [1.82, 2.24) is 24.8 Å². The van der Waals surface area contributed by atoms with Crippen LogP contribution in [0.15, 0.2) is 10.7 Å². The number of hydrazine groups is 1. The van der Waals surface area contributed by atoms with E-state index in [2.05, 4.69) is 36.0 Å². The molecule has 6 nitrogen and oxygen atoms in total. The first-order valence-corrected chi connectivity index (χ1v) is 6.70. The molecule has 0 aliphatic carbocycles. The Hall–Kier alpha value is -0.830. The zero-order valence-electron chi connectivity index (χ0n) is 9.51. The Morgan fingerprint density at radius 1 is 1.65 bits per heavy atom. The van der Waals surface area contributed by atoms with Crippen LogP contribution < -0.4 is 11.3 Å². The predicted octanol–water partition coefficient (Wildman–Crippen LogP) is 1.15. The predicted molar refractivity (Wildman–Crippen MR) is 69.4 cm³/mol. The Morgan fingerprint density at radius 3 is 2.94 bits per heavy atom. The van der Waals surface area contributed by atoms with Gasteiger partial charge in [-0.2, -0.15) is 5.10 Å². The van der Waals surface area contributed by atoms with Crippen molar-refractivity contribution in [1.29, 1.82) is 0 Å². The number of hydrogen-bond donors (Lipinski definition) is 2. The minimum absolute atomic E-state index is 0.146. The zero-order chi connectivity index (χ0) is 12.4. The summed E-state index contributed by atoms with van der Waals surface area (Å²) in [6.45, 7) is 2.05. The lowest BCUT2D eigenvalue weighted by atomic mass is 10.1. The number of rotatable bonds is 4. The Morgan fingerprint density at radius 2 is 2.41 bits per heavy atom. The highest BCUT2D eigenvalue weighted by atomic mass is 79.9. The van der Waals surface area contributed by atoms with Gasteiger partial charge in [0.05, 0.1) is 26.9 Å². The first-order chi connectivity index (χ1) is 8.19. The fourth-order valence-electron chi connectivity index (χ4n) is 1.70. The fraction of sp³-hybridized carbons (Fsp3) is 0.444. The molecule has 0 aliphatic heterocycles. The van der Waals surface area contributed by atoms with Crippen LogP contribution in [0.4, 0.5) is 0 Å². The average molecular weight is 317 g/mol. The summed E-state index contributed by atoms with van der Waals surface area (Å²) in [7, 11) is 1.88. The van der Waals surface area contributed by atoms with Gasteiger partial charge in [-0.05, 0) is 33.9 Å². The third-order valence-corrected chi connectivity index (χ3v) is 4.00. The smallest absolute Gasteiger partial charge is 0.102 e. The van der Waals surface area contributed by atoms with Gasteiger partial charge in [-0.15, -0.1) is 5.10 Å². The van der Waals surface area contributed by atoms with Crippen LogP contribution in [0.3, 0.4) is 0 Å². The number of nitrogens with one attached hydrogen (secondary N) is 1. The lowest BCUT2D eigenvalue weighted by Gasteiger charge is -2.15. The van der Waals surface area contributed by atoms with E-state index in [9.17, 15) is 0 Å². The third kappa shape index (κ3) is 2.25. The van der Waals surface area contributed by atoms with Crippen molar-refractivity contribution in [2.75, 3.05) is 0 Å². The maximum atomic E-state index is 5.66. The molecule has 2 rings (SSSR count). The minimum atomic E-state index is -0.146. The maximum Gasteiger partial charge on any atom is 0.102 e. The van der Waals surface area contributed by atoms with Crippen LogP contribution in [0, 0.1) is 0 Å². The molecule has 2 aromatic rings. The highest BCUT2D eigenvalue weighted by Gasteiger charge is 2.24. The summed E-state index contributed by atoms with van der Waals surface area (Å²) in [5.41, 5.74) is 4.73. The van der Waals surface area contributed by atoms with Crippen LogP contribution in [0.25, 0.3) is 0 Å². The van der Waals surface area contributed by atoms with Crippen LogP contribution in [0.5, 0.6) is 0 Å². The van der Waals surface area contributed by atoms with Crippen LogP contribution in [-0.4, -0.2) is 19.4 Å². The quantitative estimate of drug-likeness (QED) is 0.653. The maximum absolute atomic E-state index is 5.66. The fourth-order valence-corrected chi connectivity index (χ4v) is 3.08. The third-order valence-electron chi connectivity index (χ3n) is 2.56. The van der Waals surface area contributed by atoms with E-state index >= 15 is 0 Å². The van der Waals surface area contributed by atoms with E-state index in [-0.39, 0.29) is 6.04 Å². The summed E-state index contributed by atoms with van der Waals surface area (Å²) < 4.78 is 6.68. The molecule has 0 bridgehead atoms. The Labute approximate surface area is 111 Å². The molecule has 0 amide bonds. The van der Waals surface area contributed by atoms with E-state index in [0.717, 1.165) is 27.2 Å². The molecule has 1 unspecified atom stereocenters. The number of nitrogens with two attached hydrogens (primary N) is 1. The first-order valence-electron chi connectivity index (χ1n) is 5.13. The molecule has 0 aromatic carbocycles. The largest absolute Gasteiger partial charge is 0.270 e. The Kier molecular flexibility index (Phi) is 3.87. The molecular weight excluding hydrogens is 304 g/mol. The van der Waals surface area contributed by atoms with Crippen molar-refractivity contribution in [2.24, 2.45) is 12.9 Å². The second kappa shape index (κ2) is 5.21. The molecule has 2 heterocycles. The highest BCUT2D eigenvalue weighted by molar-refractivity contribution is 9.10. The highest BCUT2D eigenvalue weighted by Crippen LogP contribution is 2.30. The van der Waals surface area contributed by atoms with Gasteiger partial charge < -0.3 is 0 Å². The summed E-state index contributed by atoms with van der Waals surface area (Å²) in [6, 6.07) is -0.146. The molecule has 2 aromatic heterocycles. The molecule has 8 heteroatoms. The summed E-state index contributed by atoms with van der Waals surface area (Å²) in [5.74, 6) is 5.66. The molecule has 0 aliphatic rings. The average Bonchev–Trinajstić information content (AvgIpc) is 2.91. The van der Waals surface area contributed by atoms with Gasteiger partial charge in [0.2, 0.25) is 0 Å². The molecule has 1 atom stereocenters. The van der Waals surface area contributed by atoms with E-state index < -0.39 is 0 Å². The standard InChI is InChI=1S/C9H13BrN6S/c1-3-6-9(17-15-14-6)7(13-11)8-5(10)4-12-16(8)2/h4,7,13H,3,11H2,1-2H3. The van der Waals surface area contributed by atoms with Gasteiger partial charge in [0, 0.05) is 7.05 Å². The van der Waals surface area contributed by atoms with Gasteiger partial charge >= 0.3 is 0 Å². The van der Waals surface area contributed by atoms with E-state index in [1.807, 2.05) is 14.0 Å². The van der Waals surface area contributed by atoms with Gasteiger partial charge in [0.15, 0.2) is 0 Å². The topological polar surface area (TPSA) is 81.7 Å². The van der Waals surface area contributed by atoms with Gasteiger partial charge in [-0.25, -0.2) is 5.43 Å². The second-order valence-corrected chi connectivity index (χ2v) is 5.18. The van der Waals surface area contributed by atoms with Gasteiger partial charge in [0.1, 0.15) is 6.04 Å². The Balaban J connectivity index is 2.47.